The van der Waals surface area contributed by atoms with E-state index in [0.717, 1.165) is 12.5 Å². The molecule has 0 bridgehead atoms. The van der Waals surface area contributed by atoms with E-state index in [1.165, 1.54) is 6.07 Å². The van der Waals surface area contributed by atoms with E-state index in [1.54, 1.807) is 4.90 Å². The quantitative estimate of drug-likeness (QED) is 0.815. The Hall–Kier alpha value is -1.90. The van der Waals surface area contributed by atoms with Crippen LogP contribution in [0.2, 0.25) is 0 Å². The van der Waals surface area contributed by atoms with Crippen molar-refractivity contribution < 1.29 is 22.7 Å². The largest absolute Gasteiger partial charge is 0.435 e. The SMILES string of the molecule is O=C(C1CCOC1)N1CCN(c2ccc(C(F)(F)F)nn2)CC1. The number of aromatic nitrogens is 2. The molecule has 2 saturated heterocycles. The fourth-order valence-corrected chi connectivity index (χ4v) is 2.79. The van der Waals surface area contributed by atoms with Gasteiger partial charge >= 0.3 is 6.18 Å². The van der Waals surface area contributed by atoms with Crippen LogP contribution in [0.15, 0.2) is 12.1 Å². The van der Waals surface area contributed by atoms with Crippen LogP contribution in [0, 0.1) is 5.92 Å². The average molecular weight is 330 g/mol. The van der Waals surface area contributed by atoms with Gasteiger partial charge in [-0.2, -0.15) is 13.2 Å². The summed E-state index contributed by atoms with van der Waals surface area (Å²) in [7, 11) is 0. The van der Waals surface area contributed by atoms with Crippen LogP contribution in [0.25, 0.3) is 0 Å². The Kier molecular flexibility index (Phi) is 4.38. The van der Waals surface area contributed by atoms with Gasteiger partial charge in [0.1, 0.15) is 0 Å². The highest BCUT2D eigenvalue weighted by Crippen LogP contribution is 2.27. The van der Waals surface area contributed by atoms with Gasteiger partial charge in [-0.05, 0) is 18.6 Å². The standard InChI is InChI=1S/C14H17F3N4O2/c15-14(16,17)11-1-2-12(19-18-11)20-4-6-21(7-5-20)13(22)10-3-8-23-9-10/h1-2,10H,3-9H2. The highest BCUT2D eigenvalue weighted by Gasteiger charge is 2.34. The van der Waals surface area contributed by atoms with Gasteiger partial charge in [-0.1, -0.05) is 0 Å². The second kappa shape index (κ2) is 6.31. The normalized spacial score (nSPS) is 22.5. The summed E-state index contributed by atoms with van der Waals surface area (Å²) in [6.45, 7) is 3.20. The molecule has 0 spiro atoms. The van der Waals surface area contributed by atoms with Crippen LogP contribution in [-0.4, -0.2) is 60.4 Å². The highest BCUT2D eigenvalue weighted by molar-refractivity contribution is 5.79. The lowest BCUT2D eigenvalue weighted by Crippen LogP contribution is -2.50. The van der Waals surface area contributed by atoms with E-state index in [9.17, 15) is 18.0 Å². The molecule has 1 aromatic heterocycles. The number of hydrogen-bond donors (Lipinski definition) is 0. The third-order valence-corrected chi connectivity index (χ3v) is 4.14. The first-order valence-electron chi connectivity index (χ1n) is 7.47. The monoisotopic (exact) mass is 330 g/mol. The van der Waals surface area contributed by atoms with Crippen LogP contribution in [0.1, 0.15) is 12.1 Å². The summed E-state index contributed by atoms with van der Waals surface area (Å²) < 4.78 is 42.7. The molecule has 0 aliphatic carbocycles. The van der Waals surface area contributed by atoms with Gasteiger partial charge in [0.2, 0.25) is 5.91 Å². The summed E-state index contributed by atoms with van der Waals surface area (Å²) in [5.74, 6) is 0.433. The van der Waals surface area contributed by atoms with Gasteiger partial charge in [-0.25, -0.2) is 0 Å². The van der Waals surface area contributed by atoms with Crippen molar-refractivity contribution in [1.29, 1.82) is 0 Å². The lowest BCUT2D eigenvalue weighted by atomic mass is 10.1. The Morgan fingerprint density at radius 2 is 1.91 bits per heavy atom. The molecule has 6 nitrogen and oxygen atoms in total. The Bertz CT molecular complexity index is 550. The fraction of sp³-hybridized carbons (Fsp3) is 0.643. The molecule has 0 radical (unpaired) electrons. The lowest BCUT2D eigenvalue weighted by molar-refractivity contribution is -0.141. The van der Waals surface area contributed by atoms with Gasteiger partial charge in [0, 0.05) is 32.8 Å². The Morgan fingerprint density at radius 1 is 1.17 bits per heavy atom. The van der Waals surface area contributed by atoms with E-state index in [1.807, 2.05) is 4.90 Å². The summed E-state index contributed by atoms with van der Waals surface area (Å²) in [5.41, 5.74) is -1.00. The molecule has 0 saturated carbocycles. The zero-order valence-corrected chi connectivity index (χ0v) is 12.4. The van der Waals surface area contributed by atoms with E-state index in [-0.39, 0.29) is 11.8 Å². The van der Waals surface area contributed by atoms with Crippen LogP contribution in [-0.2, 0) is 15.7 Å². The first-order chi connectivity index (χ1) is 10.9. The van der Waals surface area contributed by atoms with Crippen molar-refractivity contribution >= 4 is 11.7 Å². The minimum absolute atomic E-state index is 0.0626. The van der Waals surface area contributed by atoms with Crippen molar-refractivity contribution in [2.24, 2.45) is 5.92 Å². The average Bonchev–Trinajstić information content (AvgIpc) is 3.08. The summed E-state index contributed by atoms with van der Waals surface area (Å²) in [4.78, 5) is 15.9. The second-order valence-corrected chi connectivity index (χ2v) is 5.65. The van der Waals surface area contributed by atoms with Crippen molar-refractivity contribution in [2.45, 2.75) is 12.6 Å². The van der Waals surface area contributed by atoms with Crippen LogP contribution >= 0.6 is 0 Å². The fourth-order valence-electron chi connectivity index (χ4n) is 2.79. The topological polar surface area (TPSA) is 58.6 Å². The molecule has 9 heteroatoms. The maximum absolute atomic E-state index is 12.5. The second-order valence-electron chi connectivity index (χ2n) is 5.65. The zero-order chi connectivity index (χ0) is 16.4. The lowest BCUT2D eigenvalue weighted by Gasteiger charge is -2.36. The third-order valence-electron chi connectivity index (χ3n) is 4.14. The number of hydrogen-bond acceptors (Lipinski definition) is 5. The molecule has 2 aliphatic heterocycles. The molecule has 126 valence electrons. The molecule has 2 fully saturated rings. The summed E-state index contributed by atoms with van der Waals surface area (Å²) in [6, 6.07) is 2.24. The van der Waals surface area contributed by atoms with Crippen LogP contribution in [0.5, 0.6) is 0 Å². The van der Waals surface area contributed by atoms with Gasteiger partial charge in [0.15, 0.2) is 11.5 Å². The van der Waals surface area contributed by atoms with Gasteiger partial charge in [0.25, 0.3) is 0 Å². The Morgan fingerprint density at radius 3 is 2.43 bits per heavy atom. The first kappa shape index (κ1) is 16.0. The molecule has 1 aromatic rings. The molecular weight excluding hydrogens is 313 g/mol. The predicted octanol–water partition coefficient (Wildman–Crippen LogP) is 1.18. The van der Waals surface area contributed by atoms with Gasteiger partial charge in [0.05, 0.1) is 12.5 Å². The van der Waals surface area contributed by atoms with E-state index in [0.29, 0.717) is 45.2 Å². The number of nitrogens with zero attached hydrogens (tertiary/aromatic N) is 4. The molecule has 3 heterocycles. The van der Waals surface area contributed by atoms with Crippen molar-refractivity contribution in [3.63, 3.8) is 0 Å². The number of carbonyl (C=O) groups excluding carboxylic acids is 1. The molecule has 2 aliphatic rings. The number of rotatable bonds is 2. The number of piperazine rings is 1. The number of ether oxygens (including phenoxy) is 1. The molecule has 1 amide bonds. The minimum Gasteiger partial charge on any atom is -0.381 e. The maximum atomic E-state index is 12.5. The number of anilines is 1. The first-order valence-corrected chi connectivity index (χ1v) is 7.47. The van der Waals surface area contributed by atoms with Crippen LogP contribution in [0.3, 0.4) is 0 Å². The molecular formula is C14H17F3N4O2. The van der Waals surface area contributed by atoms with Gasteiger partial charge in [-0.3, -0.25) is 4.79 Å². The number of alkyl halides is 3. The number of carbonyl (C=O) groups is 1. The number of halogens is 3. The summed E-state index contributed by atoms with van der Waals surface area (Å²) in [6.07, 6.45) is -3.73. The minimum atomic E-state index is -4.49. The number of amides is 1. The molecule has 23 heavy (non-hydrogen) atoms. The zero-order valence-electron chi connectivity index (χ0n) is 12.4. The van der Waals surface area contributed by atoms with E-state index in [4.69, 9.17) is 4.74 Å². The van der Waals surface area contributed by atoms with Crippen molar-refractivity contribution in [3.8, 4) is 0 Å². The van der Waals surface area contributed by atoms with Gasteiger partial charge in [-0.15, -0.1) is 10.2 Å². The van der Waals surface area contributed by atoms with Gasteiger partial charge < -0.3 is 14.5 Å². The smallest absolute Gasteiger partial charge is 0.381 e. The van der Waals surface area contributed by atoms with E-state index < -0.39 is 11.9 Å². The Labute approximate surface area is 131 Å². The predicted molar refractivity (Wildman–Crippen MR) is 74.8 cm³/mol. The molecule has 1 atom stereocenters. The van der Waals surface area contributed by atoms with Crippen LogP contribution < -0.4 is 4.90 Å². The third kappa shape index (κ3) is 3.54. The molecule has 0 N–H and O–H groups in total. The summed E-state index contributed by atoms with van der Waals surface area (Å²) in [5, 5.41) is 6.88. The Balaban J connectivity index is 1.57. The van der Waals surface area contributed by atoms with Crippen molar-refractivity contribution in [3.05, 3.63) is 17.8 Å². The van der Waals surface area contributed by atoms with E-state index in [2.05, 4.69) is 10.2 Å². The molecule has 0 aromatic carbocycles. The highest BCUT2D eigenvalue weighted by atomic mass is 19.4. The maximum Gasteiger partial charge on any atom is 0.435 e. The van der Waals surface area contributed by atoms with E-state index >= 15 is 0 Å². The summed E-state index contributed by atoms with van der Waals surface area (Å²) >= 11 is 0. The molecule has 1 unspecified atom stereocenters. The van der Waals surface area contributed by atoms with Crippen molar-refractivity contribution in [1.82, 2.24) is 15.1 Å². The van der Waals surface area contributed by atoms with Crippen LogP contribution in [0.4, 0.5) is 19.0 Å². The molecule has 3 rings (SSSR count). The van der Waals surface area contributed by atoms with Crippen molar-refractivity contribution in [2.75, 3.05) is 44.3 Å².